The lowest BCUT2D eigenvalue weighted by molar-refractivity contribution is -0.115. The lowest BCUT2D eigenvalue weighted by atomic mass is 10.3. The van der Waals surface area contributed by atoms with Gasteiger partial charge in [0.2, 0.25) is 5.91 Å². The third-order valence-corrected chi connectivity index (χ3v) is 2.04. The first-order valence-corrected chi connectivity index (χ1v) is 4.72. The second kappa shape index (κ2) is 4.62. The van der Waals surface area contributed by atoms with Crippen molar-refractivity contribution in [2.75, 3.05) is 5.32 Å². The smallest absolute Gasteiger partial charge is 0.242 e. The first-order valence-electron chi connectivity index (χ1n) is 3.90. The van der Waals surface area contributed by atoms with E-state index in [4.69, 9.17) is 23.2 Å². The van der Waals surface area contributed by atoms with Crippen LogP contribution >= 0.6 is 23.2 Å². The average molecular weight is 236 g/mol. The predicted molar refractivity (Wildman–Crippen MR) is 55.4 cm³/mol. The highest BCUT2D eigenvalue weighted by Gasteiger charge is 2.09. The van der Waals surface area contributed by atoms with Crippen LogP contribution in [0.2, 0.25) is 5.02 Å². The highest BCUT2D eigenvalue weighted by Crippen LogP contribution is 2.19. The van der Waals surface area contributed by atoms with Gasteiger partial charge in [-0.1, -0.05) is 11.6 Å². The number of rotatable bonds is 2. The molecule has 0 fully saturated rings. The second-order valence-corrected chi connectivity index (χ2v) is 3.80. The molecule has 0 aliphatic carbocycles. The molecule has 2 nitrogen and oxygen atoms in total. The van der Waals surface area contributed by atoms with E-state index in [1.165, 1.54) is 18.2 Å². The van der Waals surface area contributed by atoms with Crippen LogP contribution in [0.15, 0.2) is 18.2 Å². The van der Waals surface area contributed by atoms with Crippen molar-refractivity contribution in [3.8, 4) is 0 Å². The number of hydrogen-bond donors (Lipinski definition) is 1. The van der Waals surface area contributed by atoms with Gasteiger partial charge in [0, 0.05) is 5.69 Å². The molecule has 0 radical (unpaired) electrons. The molecule has 0 heterocycles. The van der Waals surface area contributed by atoms with Gasteiger partial charge in [-0.25, -0.2) is 4.39 Å². The van der Waals surface area contributed by atoms with Crippen LogP contribution < -0.4 is 5.32 Å². The first kappa shape index (κ1) is 11.3. The summed E-state index contributed by atoms with van der Waals surface area (Å²) in [5.74, 6) is -0.877. The Morgan fingerprint density at radius 2 is 2.21 bits per heavy atom. The van der Waals surface area contributed by atoms with E-state index in [2.05, 4.69) is 5.32 Å². The zero-order chi connectivity index (χ0) is 10.7. The number of carbonyl (C=O) groups excluding carboxylic acids is 1. The molecule has 76 valence electrons. The summed E-state index contributed by atoms with van der Waals surface area (Å²) in [6.07, 6.45) is 0. The van der Waals surface area contributed by atoms with Crippen LogP contribution in [0.1, 0.15) is 6.92 Å². The largest absolute Gasteiger partial charge is 0.325 e. The summed E-state index contributed by atoms with van der Waals surface area (Å²) < 4.78 is 12.7. The number of hydrogen-bond acceptors (Lipinski definition) is 1. The number of halogens is 3. The van der Waals surface area contributed by atoms with Gasteiger partial charge in [-0.3, -0.25) is 4.79 Å². The zero-order valence-electron chi connectivity index (χ0n) is 7.35. The van der Waals surface area contributed by atoms with Crippen molar-refractivity contribution in [2.24, 2.45) is 0 Å². The molecular formula is C9H8Cl2FNO. The van der Waals surface area contributed by atoms with E-state index in [1.807, 2.05) is 0 Å². The number of amides is 1. The summed E-state index contributed by atoms with van der Waals surface area (Å²) in [5, 5.41) is 1.81. The van der Waals surface area contributed by atoms with E-state index < -0.39 is 11.2 Å². The quantitative estimate of drug-likeness (QED) is 0.785. The third kappa shape index (κ3) is 2.86. The van der Waals surface area contributed by atoms with Gasteiger partial charge in [-0.05, 0) is 25.1 Å². The fourth-order valence-electron chi connectivity index (χ4n) is 0.816. The number of anilines is 1. The first-order chi connectivity index (χ1) is 6.50. The molecule has 0 aromatic heterocycles. The van der Waals surface area contributed by atoms with Gasteiger partial charge in [0.05, 0.1) is 5.02 Å². The SMILES string of the molecule is C[C@@H](Cl)C(=O)Nc1ccc(F)c(Cl)c1. The molecule has 1 aromatic carbocycles. The summed E-state index contributed by atoms with van der Waals surface area (Å²) in [7, 11) is 0. The molecule has 0 aliphatic heterocycles. The lowest BCUT2D eigenvalue weighted by Crippen LogP contribution is -2.20. The molecule has 1 rings (SSSR count). The summed E-state index contributed by atoms with van der Waals surface area (Å²) in [6.45, 7) is 1.54. The van der Waals surface area contributed by atoms with E-state index in [9.17, 15) is 9.18 Å². The van der Waals surface area contributed by atoms with E-state index in [-0.39, 0.29) is 10.9 Å². The Hall–Kier alpha value is -0.800. The Bertz CT molecular complexity index is 355. The molecule has 1 N–H and O–H groups in total. The monoisotopic (exact) mass is 235 g/mol. The van der Waals surface area contributed by atoms with Crippen molar-refractivity contribution in [2.45, 2.75) is 12.3 Å². The maximum Gasteiger partial charge on any atom is 0.242 e. The molecule has 0 saturated carbocycles. The van der Waals surface area contributed by atoms with Gasteiger partial charge >= 0.3 is 0 Å². The predicted octanol–water partition coefficient (Wildman–Crippen LogP) is 3.04. The van der Waals surface area contributed by atoms with Crippen molar-refractivity contribution in [3.63, 3.8) is 0 Å². The van der Waals surface area contributed by atoms with Crippen LogP contribution in [0.25, 0.3) is 0 Å². The second-order valence-electron chi connectivity index (χ2n) is 2.73. The molecule has 1 aromatic rings. The lowest BCUT2D eigenvalue weighted by Gasteiger charge is -2.06. The van der Waals surface area contributed by atoms with Crippen molar-refractivity contribution in [1.82, 2.24) is 0 Å². The number of carbonyl (C=O) groups is 1. The highest BCUT2D eigenvalue weighted by molar-refractivity contribution is 6.32. The van der Waals surface area contributed by atoms with Gasteiger partial charge in [-0.15, -0.1) is 11.6 Å². The molecule has 0 bridgehead atoms. The van der Waals surface area contributed by atoms with Crippen molar-refractivity contribution >= 4 is 34.8 Å². The van der Waals surface area contributed by atoms with Crippen LogP contribution in [0.4, 0.5) is 10.1 Å². The normalized spacial score (nSPS) is 12.3. The minimum absolute atomic E-state index is 0.0370. The molecule has 0 unspecified atom stereocenters. The Balaban J connectivity index is 2.78. The van der Waals surface area contributed by atoms with E-state index in [0.717, 1.165) is 0 Å². The van der Waals surface area contributed by atoms with Crippen molar-refractivity contribution < 1.29 is 9.18 Å². The summed E-state index contributed by atoms with van der Waals surface area (Å²) in [6, 6.07) is 3.92. The van der Waals surface area contributed by atoms with E-state index >= 15 is 0 Å². The van der Waals surface area contributed by atoms with Gasteiger partial charge < -0.3 is 5.32 Å². The van der Waals surface area contributed by atoms with E-state index in [0.29, 0.717) is 5.69 Å². The molecule has 1 atom stereocenters. The Labute approximate surface area is 91.0 Å². The summed E-state index contributed by atoms with van der Waals surface area (Å²) >= 11 is 11.0. The molecule has 1 amide bonds. The minimum Gasteiger partial charge on any atom is -0.325 e. The standard InChI is InChI=1S/C9H8Cl2FNO/c1-5(10)9(14)13-6-2-3-8(12)7(11)4-6/h2-5H,1H3,(H,13,14)/t5-/m1/s1. The van der Waals surface area contributed by atoms with Crippen LogP contribution in [-0.4, -0.2) is 11.3 Å². The fraction of sp³-hybridized carbons (Fsp3) is 0.222. The summed E-state index contributed by atoms with van der Waals surface area (Å²) in [5.41, 5.74) is 0.425. The van der Waals surface area contributed by atoms with Crippen LogP contribution in [-0.2, 0) is 4.79 Å². The van der Waals surface area contributed by atoms with Crippen LogP contribution in [0.3, 0.4) is 0 Å². The number of alkyl halides is 1. The third-order valence-electron chi connectivity index (χ3n) is 1.55. The molecular weight excluding hydrogens is 228 g/mol. The molecule has 14 heavy (non-hydrogen) atoms. The maximum atomic E-state index is 12.7. The maximum absolute atomic E-state index is 12.7. The highest BCUT2D eigenvalue weighted by atomic mass is 35.5. The average Bonchev–Trinajstić information content (AvgIpc) is 2.11. The molecule has 5 heteroatoms. The van der Waals surface area contributed by atoms with Crippen molar-refractivity contribution in [3.05, 3.63) is 29.0 Å². The fourth-order valence-corrected chi connectivity index (χ4v) is 1.05. The Morgan fingerprint density at radius 1 is 1.57 bits per heavy atom. The number of benzene rings is 1. The van der Waals surface area contributed by atoms with E-state index in [1.54, 1.807) is 6.92 Å². The molecule has 0 saturated heterocycles. The van der Waals surface area contributed by atoms with Crippen molar-refractivity contribution in [1.29, 1.82) is 0 Å². The van der Waals surface area contributed by atoms with Gasteiger partial charge in [0.25, 0.3) is 0 Å². The van der Waals surface area contributed by atoms with Gasteiger partial charge in [-0.2, -0.15) is 0 Å². The summed E-state index contributed by atoms with van der Waals surface area (Å²) in [4.78, 5) is 11.1. The Kier molecular flexibility index (Phi) is 3.72. The molecule has 0 aliphatic rings. The number of nitrogens with one attached hydrogen (secondary N) is 1. The van der Waals surface area contributed by atoms with Gasteiger partial charge in [0.1, 0.15) is 11.2 Å². The zero-order valence-corrected chi connectivity index (χ0v) is 8.86. The minimum atomic E-state index is -0.640. The van der Waals surface area contributed by atoms with Crippen LogP contribution in [0, 0.1) is 5.82 Å². The topological polar surface area (TPSA) is 29.1 Å². The molecule has 0 spiro atoms. The van der Waals surface area contributed by atoms with Crippen LogP contribution in [0.5, 0.6) is 0 Å². The van der Waals surface area contributed by atoms with Gasteiger partial charge in [0.15, 0.2) is 0 Å². The Morgan fingerprint density at radius 3 is 2.71 bits per heavy atom.